The molecule has 0 spiro atoms. The Bertz CT molecular complexity index is 1120. The second kappa shape index (κ2) is 8.89. The molecule has 3 aromatic heterocycles. The molecule has 152 valence electrons. The number of benzene rings is 1. The highest BCUT2D eigenvalue weighted by molar-refractivity contribution is 8.01. The lowest BCUT2D eigenvalue weighted by atomic mass is 9.98. The van der Waals surface area contributed by atoms with E-state index in [1.165, 1.54) is 38.4 Å². The van der Waals surface area contributed by atoms with E-state index in [4.69, 9.17) is 0 Å². The van der Waals surface area contributed by atoms with Crippen LogP contribution in [0.25, 0.3) is 0 Å². The number of fused-ring (bicyclic) bond motifs is 1. The van der Waals surface area contributed by atoms with Crippen molar-refractivity contribution in [2.24, 2.45) is 0 Å². The number of para-hydroxylation sites is 1. The highest BCUT2D eigenvalue weighted by atomic mass is 32.2. The number of nitrogens with zero attached hydrogens (tertiary/aromatic N) is 3. The first kappa shape index (κ1) is 19.7. The van der Waals surface area contributed by atoms with Crippen LogP contribution in [0.15, 0.2) is 63.6 Å². The summed E-state index contributed by atoms with van der Waals surface area (Å²) in [5.41, 5.74) is 2.25. The van der Waals surface area contributed by atoms with Gasteiger partial charge in [0.2, 0.25) is 11.0 Å². The number of hydrogen-bond donors (Lipinski definition) is 1. The third kappa shape index (κ3) is 4.15. The number of carbonyl (C=O) groups excluding carboxylic acids is 1. The summed E-state index contributed by atoms with van der Waals surface area (Å²) in [6, 6.07) is 16.3. The number of carbonyl (C=O) groups is 1. The first-order valence-corrected chi connectivity index (χ1v) is 13.0. The Labute approximate surface area is 190 Å². The van der Waals surface area contributed by atoms with Gasteiger partial charge in [-0.05, 0) is 47.0 Å². The summed E-state index contributed by atoms with van der Waals surface area (Å²) in [4.78, 5) is 17.8. The van der Waals surface area contributed by atoms with E-state index in [-0.39, 0.29) is 11.9 Å². The molecule has 5 rings (SSSR count). The van der Waals surface area contributed by atoms with Crippen molar-refractivity contribution in [2.45, 2.75) is 16.8 Å². The van der Waals surface area contributed by atoms with Gasteiger partial charge in [-0.25, -0.2) is 0 Å². The Morgan fingerprint density at radius 1 is 1.10 bits per heavy atom. The smallest absolute Gasteiger partial charge is 0.233 e. The van der Waals surface area contributed by atoms with Crippen LogP contribution in [0, 0.1) is 0 Å². The summed E-state index contributed by atoms with van der Waals surface area (Å²) < 4.78 is 0.794. The molecule has 4 aromatic rings. The minimum Gasteiger partial charge on any atom is -0.330 e. The zero-order valence-electron chi connectivity index (χ0n) is 15.9. The number of amides is 1. The van der Waals surface area contributed by atoms with Gasteiger partial charge in [0, 0.05) is 22.0 Å². The fourth-order valence-corrected chi connectivity index (χ4v) is 6.93. The van der Waals surface area contributed by atoms with E-state index in [1.54, 1.807) is 22.7 Å². The Balaban J connectivity index is 1.26. The van der Waals surface area contributed by atoms with Crippen molar-refractivity contribution in [3.63, 3.8) is 0 Å². The van der Waals surface area contributed by atoms with Crippen LogP contribution in [0.1, 0.15) is 21.4 Å². The molecule has 9 heteroatoms. The maximum absolute atomic E-state index is 13.2. The second-order valence-electron chi connectivity index (χ2n) is 6.71. The van der Waals surface area contributed by atoms with Crippen molar-refractivity contribution in [3.8, 4) is 0 Å². The van der Waals surface area contributed by atoms with Gasteiger partial charge in [0.15, 0.2) is 4.34 Å². The number of hydrogen-bond acceptors (Lipinski definition) is 8. The quantitative estimate of drug-likeness (QED) is 0.368. The van der Waals surface area contributed by atoms with Crippen molar-refractivity contribution in [3.05, 3.63) is 74.6 Å². The number of nitrogens with one attached hydrogen (secondary N) is 1. The van der Waals surface area contributed by atoms with E-state index in [1.807, 2.05) is 35.2 Å². The van der Waals surface area contributed by atoms with Crippen LogP contribution in [-0.4, -0.2) is 33.3 Å². The first-order valence-electron chi connectivity index (χ1n) is 9.45. The number of rotatable bonds is 6. The minimum atomic E-state index is 0.0258. The average molecular weight is 471 g/mol. The molecule has 0 saturated carbocycles. The maximum Gasteiger partial charge on any atom is 0.233 e. The minimum absolute atomic E-state index is 0.0258. The molecule has 4 heterocycles. The van der Waals surface area contributed by atoms with E-state index in [2.05, 4.69) is 44.5 Å². The van der Waals surface area contributed by atoms with Gasteiger partial charge in [-0.3, -0.25) is 4.79 Å². The lowest BCUT2D eigenvalue weighted by molar-refractivity contribution is -0.130. The van der Waals surface area contributed by atoms with Crippen molar-refractivity contribution in [1.82, 2.24) is 15.1 Å². The fraction of sp³-hybridized carbons (Fsp3) is 0.190. The van der Waals surface area contributed by atoms with Crippen LogP contribution in [-0.2, 0) is 11.2 Å². The van der Waals surface area contributed by atoms with Crippen LogP contribution in [0.3, 0.4) is 0 Å². The van der Waals surface area contributed by atoms with E-state index in [9.17, 15) is 4.79 Å². The number of aromatic nitrogens is 2. The predicted octanol–water partition coefficient (Wildman–Crippen LogP) is 5.67. The van der Waals surface area contributed by atoms with Gasteiger partial charge in [0.05, 0.1) is 11.8 Å². The van der Waals surface area contributed by atoms with E-state index >= 15 is 0 Å². The van der Waals surface area contributed by atoms with Crippen molar-refractivity contribution >= 4 is 62.5 Å². The molecule has 1 atom stereocenters. The van der Waals surface area contributed by atoms with Gasteiger partial charge in [-0.2, -0.15) is 0 Å². The van der Waals surface area contributed by atoms with Gasteiger partial charge >= 0.3 is 0 Å². The highest BCUT2D eigenvalue weighted by Gasteiger charge is 2.33. The van der Waals surface area contributed by atoms with Gasteiger partial charge < -0.3 is 10.2 Å². The third-order valence-electron chi connectivity index (χ3n) is 4.85. The molecule has 0 radical (unpaired) electrons. The Morgan fingerprint density at radius 3 is 2.83 bits per heavy atom. The Morgan fingerprint density at radius 2 is 2.00 bits per heavy atom. The molecule has 1 amide bonds. The van der Waals surface area contributed by atoms with Crippen molar-refractivity contribution in [1.29, 1.82) is 0 Å². The fourth-order valence-electron chi connectivity index (χ4n) is 3.51. The van der Waals surface area contributed by atoms with E-state index < -0.39 is 0 Å². The van der Waals surface area contributed by atoms with Crippen LogP contribution in [0.5, 0.6) is 0 Å². The Hall–Kier alpha value is -2.20. The molecule has 1 aliphatic rings. The Kier molecular flexibility index (Phi) is 5.85. The normalized spacial score (nSPS) is 15.7. The van der Waals surface area contributed by atoms with Gasteiger partial charge in [0.25, 0.3) is 0 Å². The zero-order chi connectivity index (χ0) is 20.3. The summed E-state index contributed by atoms with van der Waals surface area (Å²) in [7, 11) is 0. The predicted molar refractivity (Wildman–Crippen MR) is 126 cm³/mol. The van der Waals surface area contributed by atoms with Crippen molar-refractivity contribution < 1.29 is 4.79 Å². The average Bonchev–Trinajstić information content (AvgIpc) is 3.53. The van der Waals surface area contributed by atoms with Gasteiger partial charge in [-0.15, -0.1) is 32.9 Å². The van der Waals surface area contributed by atoms with E-state index in [0.29, 0.717) is 5.75 Å². The lowest BCUT2D eigenvalue weighted by Crippen LogP contribution is -2.40. The van der Waals surface area contributed by atoms with Crippen molar-refractivity contribution in [2.75, 3.05) is 17.6 Å². The van der Waals surface area contributed by atoms with Crippen LogP contribution in [0.2, 0.25) is 0 Å². The molecular formula is C21H18N4OS4. The topological polar surface area (TPSA) is 58.1 Å². The summed E-state index contributed by atoms with van der Waals surface area (Å²) in [5, 5.41) is 16.6. The van der Waals surface area contributed by atoms with Crippen LogP contribution < -0.4 is 5.32 Å². The van der Waals surface area contributed by atoms with Crippen LogP contribution in [0.4, 0.5) is 10.8 Å². The largest absolute Gasteiger partial charge is 0.330 e. The van der Waals surface area contributed by atoms with E-state index in [0.717, 1.165) is 28.1 Å². The second-order valence-corrected chi connectivity index (χ2v) is 10.9. The maximum atomic E-state index is 13.2. The highest BCUT2D eigenvalue weighted by Crippen LogP contribution is 2.40. The summed E-state index contributed by atoms with van der Waals surface area (Å²) in [5.74, 6) is 0.504. The molecule has 0 fully saturated rings. The van der Waals surface area contributed by atoms with Crippen LogP contribution >= 0.6 is 45.8 Å². The molecule has 1 aliphatic heterocycles. The summed E-state index contributed by atoms with van der Waals surface area (Å²) in [6.07, 6.45) is 0.926. The summed E-state index contributed by atoms with van der Waals surface area (Å²) in [6.45, 7) is 0.756. The lowest BCUT2D eigenvalue weighted by Gasteiger charge is -2.35. The molecule has 0 unspecified atom stereocenters. The third-order valence-corrected chi connectivity index (χ3v) is 8.73. The SMILES string of the molecule is O=C(CSc1nnc(Nc2ccccc2)s1)N1CCc2sccc2[C@@H]1c1cccs1. The van der Waals surface area contributed by atoms with Gasteiger partial charge in [-0.1, -0.05) is 47.4 Å². The molecule has 0 aliphatic carbocycles. The standard InChI is InChI=1S/C21H18N4OS4/c26-18(13-29-21-24-23-20(30-21)22-14-5-2-1-3-6-14)25-10-8-16-15(9-12-28-16)19(25)17-7-4-11-27-17/h1-7,9,11-12,19H,8,10,13H2,(H,22,23)/t19-/m1/s1. The molecule has 30 heavy (non-hydrogen) atoms. The molecule has 0 saturated heterocycles. The zero-order valence-corrected chi connectivity index (χ0v) is 19.1. The number of anilines is 2. The summed E-state index contributed by atoms with van der Waals surface area (Å²) >= 11 is 6.43. The first-order chi connectivity index (χ1) is 14.8. The molecular weight excluding hydrogens is 453 g/mol. The number of thiophene rings is 2. The van der Waals surface area contributed by atoms with Gasteiger partial charge in [0.1, 0.15) is 0 Å². The number of thioether (sulfide) groups is 1. The molecule has 1 N–H and O–H groups in total. The molecule has 0 bridgehead atoms. The molecule has 1 aromatic carbocycles. The molecule has 5 nitrogen and oxygen atoms in total. The monoisotopic (exact) mass is 470 g/mol.